The Morgan fingerprint density at radius 1 is 1.26 bits per heavy atom. The fraction of sp³-hybridized carbons (Fsp3) is 0.462. The number of nitrogens with one attached hydrogen (secondary N) is 1. The average molecular weight is 273 g/mol. The van der Waals surface area contributed by atoms with Gasteiger partial charge in [-0.2, -0.15) is 13.2 Å². The molecule has 0 heterocycles. The third-order valence-corrected chi connectivity index (χ3v) is 2.51. The highest BCUT2D eigenvalue weighted by Crippen LogP contribution is 2.29. The summed E-state index contributed by atoms with van der Waals surface area (Å²) in [5, 5.41) is 2.92. The van der Waals surface area contributed by atoms with Crippen molar-refractivity contribution in [3.63, 3.8) is 0 Å². The van der Waals surface area contributed by atoms with Gasteiger partial charge in [-0.05, 0) is 30.5 Å². The molecular formula is C13H18F3N3. The van der Waals surface area contributed by atoms with Crippen molar-refractivity contribution < 1.29 is 13.2 Å². The molecule has 3 nitrogen and oxygen atoms in total. The molecule has 0 aliphatic heterocycles. The van der Waals surface area contributed by atoms with Gasteiger partial charge in [-0.25, -0.2) is 0 Å². The molecule has 106 valence electrons. The van der Waals surface area contributed by atoms with E-state index in [1.165, 1.54) is 12.1 Å². The van der Waals surface area contributed by atoms with Crippen LogP contribution in [0, 0.1) is 0 Å². The van der Waals surface area contributed by atoms with E-state index in [1.54, 1.807) is 0 Å². The molecule has 0 aliphatic rings. The van der Waals surface area contributed by atoms with Crippen molar-refractivity contribution >= 4 is 5.96 Å². The summed E-state index contributed by atoms with van der Waals surface area (Å²) in [5.41, 5.74) is 5.79. The Bertz CT molecular complexity index is 410. The third-order valence-electron chi connectivity index (χ3n) is 2.51. The normalized spacial score (nSPS) is 12.5. The van der Waals surface area contributed by atoms with Crippen molar-refractivity contribution in [1.82, 2.24) is 5.32 Å². The Balaban J connectivity index is 2.42. The van der Waals surface area contributed by atoms with E-state index in [0.29, 0.717) is 25.5 Å². The minimum atomic E-state index is -4.28. The first-order valence-electron chi connectivity index (χ1n) is 6.13. The van der Waals surface area contributed by atoms with Crippen molar-refractivity contribution in [1.29, 1.82) is 0 Å². The molecular weight excluding hydrogens is 255 g/mol. The maximum absolute atomic E-state index is 12.4. The number of alkyl halides is 3. The molecule has 0 bridgehead atoms. The number of halogens is 3. The van der Waals surface area contributed by atoms with Crippen LogP contribution in [0.2, 0.25) is 0 Å². The van der Waals surface area contributed by atoms with Crippen LogP contribution < -0.4 is 11.1 Å². The molecule has 0 unspecified atom stereocenters. The van der Waals surface area contributed by atoms with Gasteiger partial charge in [0.2, 0.25) is 0 Å². The Morgan fingerprint density at radius 3 is 2.42 bits per heavy atom. The van der Waals surface area contributed by atoms with Crippen LogP contribution in [-0.2, 0) is 12.6 Å². The summed E-state index contributed by atoms with van der Waals surface area (Å²) in [5.74, 6) is 0.369. The summed E-state index contributed by atoms with van der Waals surface area (Å²) in [4.78, 5) is 4.05. The molecule has 0 amide bonds. The predicted octanol–water partition coefficient (Wildman–Crippen LogP) is 2.56. The Hall–Kier alpha value is -1.72. The van der Waals surface area contributed by atoms with Gasteiger partial charge in [-0.3, -0.25) is 4.99 Å². The lowest BCUT2D eigenvalue weighted by Gasteiger charge is -2.08. The number of nitrogens with two attached hydrogens (primary N) is 1. The number of nitrogens with zero attached hydrogens (tertiary/aromatic N) is 1. The zero-order valence-corrected chi connectivity index (χ0v) is 10.8. The first kappa shape index (κ1) is 15.3. The van der Waals surface area contributed by atoms with Crippen LogP contribution in [-0.4, -0.2) is 19.0 Å². The number of hydrogen-bond donors (Lipinski definition) is 2. The fourth-order valence-electron chi connectivity index (χ4n) is 1.48. The van der Waals surface area contributed by atoms with Crippen molar-refractivity contribution in [3.05, 3.63) is 35.4 Å². The van der Waals surface area contributed by atoms with Crippen LogP contribution in [0.15, 0.2) is 29.3 Å². The number of benzene rings is 1. The summed E-state index contributed by atoms with van der Waals surface area (Å²) < 4.78 is 37.1. The van der Waals surface area contributed by atoms with Crippen LogP contribution in [0.3, 0.4) is 0 Å². The fourth-order valence-corrected chi connectivity index (χ4v) is 1.48. The molecule has 0 spiro atoms. The number of hydrogen-bond acceptors (Lipinski definition) is 1. The largest absolute Gasteiger partial charge is 0.416 e. The second-order valence-electron chi connectivity index (χ2n) is 4.14. The zero-order valence-electron chi connectivity index (χ0n) is 10.8. The minimum absolute atomic E-state index is 0.369. The lowest BCUT2D eigenvalue weighted by Crippen LogP contribution is -2.33. The Morgan fingerprint density at radius 2 is 1.89 bits per heavy atom. The zero-order chi connectivity index (χ0) is 14.3. The first-order valence-corrected chi connectivity index (χ1v) is 6.13. The van der Waals surface area contributed by atoms with Gasteiger partial charge in [0.05, 0.1) is 5.56 Å². The molecule has 1 aromatic carbocycles. The van der Waals surface area contributed by atoms with Gasteiger partial charge in [0, 0.05) is 13.1 Å². The van der Waals surface area contributed by atoms with E-state index in [-0.39, 0.29) is 0 Å². The molecule has 0 aromatic heterocycles. The van der Waals surface area contributed by atoms with E-state index in [1.807, 2.05) is 6.92 Å². The van der Waals surface area contributed by atoms with Crippen molar-refractivity contribution in [2.45, 2.75) is 25.9 Å². The van der Waals surface area contributed by atoms with Gasteiger partial charge in [0.25, 0.3) is 0 Å². The molecule has 3 N–H and O–H groups in total. The Kier molecular flexibility index (Phi) is 5.66. The molecule has 6 heteroatoms. The van der Waals surface area contributed by atoms with E-state index >= 15 is 0 Å². The highest BCUT2D eigenvalue weighted by atomic mass is 19.4. The molecule has 1 rings (SSSR count). The van der Waals surface area contributed by atoms with Gasteiger partial charge < -0.3 is 11.1 Å². The molecule has 0 aliphatic carbocycles. The smallest absolute Gasteiger partial charge is 0.370 e. The maximum Gasteiger partial charge on any atom is 0.416 e. The van der Waals surface area contributed by atoms with Crippen LogP contribution >= 0.6 is 0 Å². The van der Waals surface area contributed by atoms with E-state index in [4.69, 9.17) is 5.73 Å². The number of guanidine groups is 1. The first-order chi connectivity index (χ1) is 8.93. The van der Waals surface area contributed by atoms with Gasteiger partial charge >= 0.3 is 6.18 Å². The van der Waals surface area contributed by atoms with Crippen molar-refractivity contribution in [2.75, 3.05) is 13.1 Å². The summed E-state index contributed by atoms with van der Waals surface area (Å²) in [7, 11) is 0. The quantitative estimate of drug-likeness (QED) is 0.640. The molecule has 0 atom stereocenters. The van der Waals surface area contributed by atoms with Crippen LogP contribution in [0.1, 0.15) is 24.5 Å². The molecule has 0 saturated heterocycles. The van der Waals surface area contributed by atoms with E-state index in [0.717, 1.165) is 24.1 Å². The lowest BCUT2D eigenvalue weighted by molar-refractivity contribution is -0.137. The van der Waals surface area contributed by atoms with Crippen LogP contribution in [0.4, 0.5) is 13.2 Å². The number of aliphatic imine (C=N–C) groups is 1. The molecule has 1 aromatic rings. The summed E-state index contributed by atoms with van der Waals surface area (Å²) in [6.07, 6.45) is -2.77. The minimum Gasteiger partial charge on any atom is -0.370 e. The topological polar surface area (TPSA) is 50.4 Å². The standard InChI is InChI=1S/C13H18F3N3/c1-2-8-18-12(17)19-9-7-10-3-5-11(6-4-10)13(14,15)16/h3-6H,2,7-9H2,1H3,(H3,17,18,19). The molecule has 19 heavy (non-hydrogen) atoms. The van der Waals surface area contributed by atoms with Gasteiger partial charge in [0.15, 0.2) is 5.96 Å². The predicted molar refractivity (Wildman–Crippen MR) is 69.9 cm³/mol. The average Bonchev–Trinajstić information content (AvgIpc) is 2.36. The number of rotatable bonds is 5. The van der Waals surface area contributed by atoms with E-state index < -0.39 is 11.7 Å². The maximum atomic E-state index is 12.4. The summed E-state index contributed by atoms with van der Waals surface area (Å²) in [6, 6.07) is 5.13. The van der Waals surface area contributed by atoms with Crippen molar-refractivity contribution in [2.24, 2.45) is 10.7 Å². The van der Waals surface area contributed by atoms with Gasteiger partial charge in [-0.15, -0.1) is 0 Å². The van der Waals surface area contributed by atoms with E-state index in [2.05, 4.69) is 10.3 Å². The van der Waals surface area contributed by atoms with Crippen LogP contribution in [0.25, 0.3) is 0 Å². The lowest BCUT2D eigenvalue weighted by atomic mass is 10.1. The second-order valence-corrected chi connectivity index (χ2v) is 4.14. The SMILES string of the molecule is CCCN=C(N)NCCc1ccc(C(F)(F)F)cc1. The van der Waals surface area contributed by atoms with Crippen molar-refractivity contribution in [3.8, 4) is 0 Å². The highest BCUT2D eigenvalue weighted by Gasteiger charge is 2.29. The van der Waals surface area contributed by atoms with E-state index in [9.17, 15) is 13.2 Å². The summed E-state index contributed by atoms with van der Waals surface area (Å²) in [6.45, 7) is 3.21. The van der Waals surface area contributed by atoms with Gasteiger partial charge in [-0.1, -0.05) is 19.1 Å². The molecule has 0 saturated carbocycles. The monoisotopic (exact) mass is 273 g/mol. The van der Waals surface area contributed by atoms with Crippen LogP contribution in [0.5, 0.6) is 0 Å². The summed E-state index contributed by atoms with van der Waals surface area (Å²) >= 11 is 0. The highest BCUT2D eigenvalue weighted by molar-refractivity contribution is 5.77. The van der Waals surface area contributed by atoms with Gasteiger partial charge in [0.1, 0.15) is 0 Å². The Labute approximate surface area is 110 Å². The second kappa shape index (κ2) is 7.01. The molecule has 0 radical (unpaired) electrons. The molecule has 0 fully saturated rings. The third kappa shape index (κ3) is 5.63.